The Morgan fingerprint density at radius 2 is 1.30 bits per heavy atom. The Bertz CT molecular complexity index is 581. The first-order chi connectivity index (χ1) is 9.92. The third-order valence-electron chi connectivity index (χ3n) is 2.63. The van der Waals surface area contributed by atoms with Gasteiger partial charge in [-0.3, -0.25) is 10.2 Å². The number of hydrogen-bond donors (Lipinski definition) is 2. The first kappa shape index (κ1) is 13.2. The molecule has 20 heavy (non-hydrogen) atoms. The molecule has 3 rings (SSSR count). The number of aromatic nitrogens is 6. The van der Waals surface area contributed by atoms with E-state index in [1.54, 1.807) is 23.5 Å². The SMILES string of the molecule is c1ccc(CSc2ncn[nH]2)c(CSc2ncn[nH]2)c1. The second-order valence-corrected chi connectivity index (χ2v) is 5.86. The lowest BCUT2D eigenvalue weighted by molar-refractivity contribution is 0.971. The van der Waals surface area contributed by atoms with Crippen LogP contribution in [0.5, 0.6) is 0 Å². The molecule has 6 nitrogen and oxygen atoms in total. The van der Waals surface area contributed by atoms with Crippen molar-refractivity contribution in [1.29, 1.82) is 0 Å². The fourth-order valence-electron chi connectivity index (χ4n) is 1.66. The Morgan fingerprint density at radius 1 is 0.800 bits per heavy atom. The largest absolute Gasteiger partial charge is 0.254 e. The molecule has 0 fully saturated rings. The summed E-state index contributed by atoms with van der Waals surface area (Å²) in [5.41, 5.74) is 2.59. The van der Waals surface area contributed by atoms with Crippen molar-refractivity contribution in [3.63, 3.8) is 0 Å². The van der Waals surface area contributed by atoms with Crippen LogP contribution in [0, 0.1) is 0 Å². The summed E-state index contributed by atoms with van der Waals surface area (Å²) in [7, 11) is 0. The lowest BCUT2D eigenvalue weighted by atomic mass is 10.1. The summed E-state index contributed by atoms with van der Waals surface area (Å²) < 4.78 is 0. The summed E-state index contributed by atoms with van der Waals surface area (Å²) in [5, 5.41) is 15.1. The van der Waals surface area contributed by atoms with Crippen molar-refractivity contribution in [2.45, 2.75) is 21.8 Å². The smallest absolute Gasteiger partial charge is 0.183 e. The molecule has 0 unspecified atom stereocenters. The van der Waals surface area contributed by atoms with Crippen LogP contribution in [0.1, 0.15) is 11.1 Å². The molecule has 0 saturated heterocycles. The molecule has 0 saturated carbocycles. The number of aromatic amines is 2. The Labute approximate surface area is 124 Å². The van der Waals surface area contributed by atoms with Crippen LogP contribution < -0.4 is 0 Å². The van der Waals surface area contributed by atoms with Crippen molar-refractivity contribution in [3.8, 4) is 0 Å². The predicted molar refractivity (Wildman–Crippen MR) is 78.3 cm³/mol. The highest BCUT2D eigenvalue weighted by molar-refractivity contribution is 7.98. The maximum absolute atomic E-state index is 4.12. The highest BCUT2D eigenvalue weighted by Crippen LogP contribution is 2.25. The second-order valence-electron chi connectivity index (χ2n) is 3.93. The van der Waals surface area contributed by atoms with Gasteiger partial charge in [0, 0.05) is 11.5 Å². The van der Waals surface area contributed by atoms with E-state index in [0.717, 1.165) is 21.8 Å². The van der Waals surface area contributed by atoms with Crippen LogP contribution in [0.3, 0.4) is 0 Å². The molecule has 0 amide bonds. The third kappa shape index (κ3) is 3.40. The van der Waals surface area contributed by atoms with Crippen LogP contribution in [0.25, 0.3) is 0 Å². The van der Waals surface area contributed by atoms with Crippen LogP contribution in [0.4, 0.5) is 0 Å². The number of hydrogen-bond acceptors (Lipinski definition) is 6. The lowest BCUT2D eigenvalue weighted by Gasteiger charge is -2.07. The standard InChI is InChI=1S/C12H12N6S2/c1-2-4-10(6-20-12-14-8-16-18-12)9(3-1)5-19-11-13-7-15-17-11/h1-4,7-8H,5-6H2,(H,13,15,17)(H,14,16,18). The minimum atomic E-state index is 0.836. The first-order valence-corrected chi connectivity index (χ1v) is 7.92. The summed E-state index contributed by atoms with van der Waals surface area (Å²) in [5.74, 6) is 1.73. The summed E-state index contributed by atoms with van der Waals surface area (Å²) in [4.78, 5) is 8.23. The Morgan fingerprint density at radius 3 is 1.70 bits per heavy atom. The van der Waals surface area contributed by atoms with Gasteiger partial charge in [0.1, 0.15) is 12.7 Å². The molecular weight excluding hydrogens is 292 g/mol. The molecule has 3 aromatic rings. The van der Waals surface area contributed by atoms with E-state index in [9.17, 15) is 0 Å². The van der Waals surface area contributed by atoms with Crippen molar-refractivity contribution in [1.82, 2.24) is 30.4 Å². The van der Waals surface area contributed by atoms with Crippen molar-refractivity contribution in [3.05, 3.63) is 48.0 Å². The Kier molecular flexibility index (Phi) is 4.34. The van der Waals surface area contributed by atoms with Gasteiger partial charge in [-0.2, -0.15) is 10.2 Å². The molecule has 0 aliphatic heterocycles. The predicted octanol–water partition coefficient (Wildman–Crippen LogP) is 2.51. The van der Waals surface area contributed by atoms with E-state index in [2.05, 4.69) is 54.6 Å². The highest BCUT2D eigenvalue weighted by Gasteiger charge is 2.06. The number of nitrogens with one attached hydrogen (secondary N) is 2. The first-order valence-electron chi connectivity index (χ1n) is 5.95. The molecular formula is C12H12N6S2. The van der Waals surface area contributed by atoms with Gasteiger partial charge in [-0.15, -0.1) is 0 Å². The van der Waals surface area contributed by atoms with E-state index in [-0.39, 0.29) is 0 Å². The molecule has 0 bridgehead atoms. The quantitative estimate of drug-likeness (QED) is 0.681. The molecule has 0 radical (unpaired) electrons. The van der Waals surface area contributed by atoms with Crippen LogP contribution in [-0.4, -0.2) is 30.4 Å². The van der Waals surface area contributed by atoms with E-state index in [1.807, 2.05) is 0 Å². The summed E-state index contributed by atoms with van der Waals surface area (Å²) in [6, 6.07) is 8.39. The van der Waals surface area contributed by atoms with Gasteiger partial charge in [-0.05, 0) is 11.1 Å². The van der Waals surface area contributed by atoms with E-state index >= 15 is 0 Å². The minimum Gasteiger partial charge on any atom is -0.254 e. The topological polar surface area (TPSA) is 83.1 Å². The van der Waals surface area contributed by atoms with Crippen LogP contribution in [0.15, 0.2) is 47.2 Å². The summed E-state index contributed by atoms with van der Waals surface area (Å²) in [6.07, 6.45) is 3.04. The van der Waals surface area contributed by atoms with Gasteiger partial charge in [-0.1, -0.05) is 47.8 Å². The zero-order valence-corrected chi connectivity index (χ0v) is 12.1. The molecule has 0 aliphatic rings. The van der Waals surface area contributed by atoms with Gasteiger partial charge in [-0.25, -0.2) is 9.97 Å². The fourth-order valence-corrected chi connectivity index (χ4v) is 3.28. The van der Waals surface area contributed by atoms with E-state index < -0.39 is 0 Å². The Balaban J connectivity index is 1.64. The average molecular weight is 304 g/mol. The molecule has 2 heterocycles. The van der Waals surface area contributed by atoms with Crippen LogP contribution in [0.2, 0.25) is 0 Å². The number of rotatable bonds is 6. The van der Waals surface area contributed by atoms with E-state index in [4.69, 9.17) is 0 Å². The monoisotopic (exact) mass is 304 g/mol. The molecule has 1 aromatic carbocycles. The minimum absolute atomic E-state index is 0.836. The molecule has 2 aromatic heterocycles. The van der Waals surface area contributed by atoms with E-state index in [1.165, 1.54) is 23.8 Å². The molecule has 0 atom stereocenters. The van der Waals surface area contributed by atoms with Crippen molar-refractivity contribution < 1.29 is 0 Å². The molecule has 2 N–H and O–H groups in total. The lowest BCUT2D eigenvalue weighted by Crippen LogP contribution is -1.91. The molecule has 102 valence electrons. The third-order valence-corrected chi connectivity index (χ3v) is 4.48. The zero-order chi connectivity index (χ0) is 13.6. The molecule has 8 heteroatoms. The number of nitrogens with zero attached hydrogens (tertiary/aromatic N) is 4. The zero-order valence-electron chi connectivity index (χ0n) is 10.5. The highest BCUT2D eigenvalue weighted by atomic mass is 32.2. The maximum Gasteiger partial charge on any atom is 0.183 e. The fraction of sp³-hybridized carbons (Fsp3) is 0.167. The Hall–Kier alpha value is -1.80. The van der Waals surface area contributed by atoms with Crippen LogP contribution >= 0.6 is 23.5 Å². The van der Waals surface area contributed by atoms with Gasteiger partial charge in [0.25, 0.3) is 0 Å². The average Bonchev–Trinajstić information content (AvgIpc) is 3.17. The summed E-state index contributed by atoms with van der Waals surface area (Å²) in [6.45, 7) is 0. The normalized spacial score (nSPS) is 10.8. The second kappa shape index (κ2) is 6.58. The molecule has 0 spiro atoms. The van der Waals surface area contributed by atoms with Gasteiger partial charge in [0.2, 0.25) is 0 Å². The van der Waals surface area contributed by atoms with Crippen molar-refractivity contribution in [2.75, 3.05) is 0 Å². The van der Waals surface area contributed by atoms with Gasteiger partial charge in [0.05, 0.1) is 0 Å². The number of thioether (sulfide) groups is 2. The van der Waals surface area contributed by atoms with Gasteiger partial charge in [0.15, 0.2) is 10.3 Å². The number of H-pyrrole nitrogens is 2. The van der Waals surface area contributed by atoms with Gasteiger partial charge >= 0.3 is 0 Å². The van der Waals surface area contributed by atoms with E-state index in [0.29, 0.717) is 0 Å². The van der Waals surface area contributed by atoms with Crippen molar-refractivity contribution >= 4 is 23.5 Å². The number of benzene rings is 1. The van der Waals surface area contributed by atoms with Gasteiger partial charge < -0.3 is 0 Å². The maximum atomic E-state index is 4.12. The van der Waals surface area contributed by atoms with Crippen LogP contribution in [-0.2, 0) is 11.5 Å². The molecule has 0 aliphatic carbocycles. The summed E-state index contributed by atoms with van der Waals surface area (Å²) >= 11 is 3.29. The van der Waals surface area contributed by atoms with Crippen molar-refractivity contribution in [2.24, 2.45) is 0 Å².